The number of anilines is 2. The fraction of sp³-hybridized carbons (Fsp3) is 0.345. The Kier molecular flexibility index (Phi) is 6.61. The molecule has 5 rings (SSSR count). The maximum atomic E-state index is 12.9. The van der Waals surface area contributed by atoms with Crippen molar-refractivity contribution >= 4 is 17.3 Å². The van der Waals surface area contributed by atoms with E-state index in [2.05, 4.69) is 34.9 Å². The summed E-state index contributed by atoms with van der Waals surface area (Å²) < 4.78 is 6.07. The summed E-state index contributed by atoms with van der Waals surface area (Å²) >= 11 is 0. The van der Waals surface area contributed by atoms with Crippen molar-refractivity contribution in [1.82, 2.24) is 5.32 Å². The van der Waals surface area contributed by atoms with E-state index in [1.807, 2.05) is 48.5 Å². The lowest BCUT2D eigenvalue weighted by Crippen LogP contribution is -2.28. The second kappa shape index (κ2) is 10.1. The Labute approximate surface area is 196 Å². The summed E-state index contributed by atoms with van der Waals surface area (Å²) in [5, 5.41) is 6.72. The van der Waals surface area contributed by atoms with E-state index < -0.39 is 0 Å². The molecule has 0 heterocycles. The number of hydrogen-bond donors (Lipinski definition) is 2. The molecule has 2 N–H and O–H groups in total. The van der Waals surface area contributed by atoms with E-state index in [0.29, 0.717) is 24.0 Å². The van der Waals surface area contributed by atoms with Crippen molar-refractivity contribution in [2.24, 2.45) is 5.92 Å². The summed E-state index contributed by atoms with van der Waals surface area (Å²) in [7, 11) is 0. The zero-order valence-corrected chi connectivity index (χ0v) is 19.1. The van der Waals surface area contributed by atoms with Crippen molar-refractivity contribution in [2.45, 2.75) is 51.0 Å². The van der Waals surface area contributed by atoms with Gasteiger partial charge in [0.25, 0.3) is 5.91 Å². The van der Waals surface area contributed by atoms with Crippen LogP contribution in [0.4, 0.5) is 11.4 Å². The Hall–Kier alpha value is -3.27. The molecule has 170 valence electrons. The Morgan fingerprint density at radius 3 is 2.39 bits per heavy atom. The monoisotopic (exact) mass is 440 g/mol. The van der Waals surface area contributed by atoms with Crippen molar-refractivity contribution in [3.63, 3.8) is 0 Å². The van der Waals surface area contributed by atoms with Gasteiger partial charge in [0.05, 0.1) is 11.3 Å². The molecule has 4 nitrogen and oxygen atoms in total. The quantitative estimate of drug-likeness (QED) is 0.384. The molecule has 1 amide bonds. The largest absolute Gasteiger partial charge is 0.489 e. The molecule has 2 saturated carbocycles. The van der Waals surface area contributed by atoms with E-state index in [4.69, 9.17) is 4.74 Å². The van der Waals surface area contributed by atoms with Crippen molar-refractivity contribution < 1.29 is 9.53 Å². The Bertz CT molecular complexity index is 1090. The lowest BCUT2D eigenvalue weighted by molar-refractivity contribution is 0.0948. The number of benzene rings is 3. The Morgan fingerprint density at radius 1 is 0.848 bits per heavy atom. The summed E-state index contributed by atoms with van der Waals surface area (Å²) in [5.74, 6) is 2.06. The highest BCUT2D eigenvalue weighted by Crippen LogP contribution is 2.45. The Morgan fingerprint density at radius 2 is 1.61 bits per heavy atom. The SMILES string of the molecule is O=C(NCC1CCCC1)c1ccccc1Nc1ccc(OCc2ccccc2)cc1C1CC1. The summed E-state index contributed by atoms with van der Waals surface area (Å²) in [5.41, 5.74) is 5.02. The zero-order valence-electron chi connectivity index (χ0n) is 19.1. The first kappa shape index (κ1) is 21.6. The van der Waals surface area contributed by atoms with E-state index in [-0.39, 0.29) is 5.91 Å². The molecule has 0 bridgehead atoms. The van der Waals surface area contributed by atoms with Gasteiger partial charge in [-0.2, -0.15) is 0 Å². The van der Waals surface area contributed by atoms with Crippen LogP contribution in [0.15, 0.2) is 72.8 Å². The zero-order chi connectivity index (χ0) is 22.5. The molecule has 4 heteroatoms. The number of hydrogen-bond acceptors (Lipinski definition) is 3. The van der Waals surface area contributed by atoms with Gasteiger partial charge in [-0.3, -0.25) is 4.79 Å². The van der Waals surface area contributed by atoms with Gasteiger partial charge in [-0.25, -0.2) is 0 Å². The molecule has 0 aromatic heterocycles. The lowest BCUT2D eigenvalue weighted by atomic mass is 10.1. The molecule has 2 aliphatic rings. The highest BCUT2D eigenvalue weighted by Gasteiger charge is 2.27. The third-order valence-corrected chi connectivity index (χ3v) is 6.76. The van der Waals surface area contributed by atoms with Gasteiger partial charge in [0, 0.05) is 12.2 Å². The maximum absolute atomic E-state index is 12.9. The highest BCUT2D eigenvalue weighted by molar-refractivity contribution is 6.00. The van der Waals surface area contributed by atoms with Crippen LogP contribution < -0.4 is 15.4 Å². The first-order chi connectivity index (χ1) is 16.3. The van der Waals surface area contributed by atoms with Crippen LogP contribution in [0.2, 0.25) is 0 Å². The molecular weight excluding hydrogens is 408 g/mol. The molecule has 0 unspecified atom stereocenters. The summed E-state index contributed by atoms with van der Waals surface area (Å²) in [6.45, 7) is 1.33. The van der Waals surface area contributed by atoms with Crippen molar-refractivity contribution in [1.29, 1.82) is 0 Å². The number of rotatable bonds is 9. The predicted molar refractivity (Wildman–Crippen MR) is 133 cm³/mol. The molecule has 0 saturated heterocycles. The molecule has 0 radical (unpaired) electrons. The fourth-order valence-corrected chi connectivity index (χ4v) is 4.70. The van der Waals surface area contributed by atoms with Gasteiger partial charge in [-0.05, 0) is 79.0 Å². The number of amides is 1. The molecule has 0 spiro atoms. The third-order valence-electron chi connectivity index (χ3n) is 6.76. The first-order valence-corrected chi connectivity index (χ1v) is 12.2. The van der Waals surface area contributed by atoms with Gasteiger partial charge < -0.3 is 15.4 Å². The molecule has 33 heavy (non-hydrogen) atoms. The summed E-state index contributed by atoms with van der Waals surface area (Å²) in [6.07, 6.45) is 7.41. The van der Waals surface area contributed by atoms with Gasteiger partial charge in [-0.15, -0.1) is 0 Å². The average Bonchev–Trinajstić information content (AvgIpc) is 3.57. The van der Waals surface area contributed by atoms with E-state index >= 15 is 0 Å². The molecule has 2 aliphatic carbocycles. The lowest BCUT2D eigenvalue weighted by Gasteiger charge is -2.17. The van der Waals surface area contributed by atoms with Crippen molar-refractivity contribution in [3.8, 4) is 5.75 Å². The molecule has 0 aliphatic heterocycles. The molecule has 0 atom stereocenters. The van der Waals surface area contributed by atoms with E-state index in [1.165, 1.54) is 44.1 Å². The van der Waals surface area contributed by atoms with Gasteiger partial charge in [-0.1, -0.05) is 55.3 Å². The molecule has 2 fully saturated rings. The van der Waals surface area contributed by atoms with Crippen LogP contribution in [0.1, 0.15) is 65.9 Å². The molecule has 3 aromatic carbocycles. The number of carbonyl (C=O) groups excluding carboxylic acids is 1. The number of nitrogens with one attached hydrogen (secondary N) is 2. The second-order valence-corrected chi connectivity index (χ2v) is 9.33. The molecular formula is C29H32N2O2. The summed E-state index contributed by atoms with van der Waals surface area (Å²) in [4.78, 5) is 12.9. The van der Waals surface area contributed by atoms with E-state index in [0.717, 1.165) is 29.2 Å². The van der Waals surface area contributed by atoms with Gasteiger partial charge in [0.1, 0.15) is 12.4 Å². The van der Waals surface area contributed by atoms with Gasteiger partial charge >= 0.3 is 0 Å². The van der Waals surface area contributed by atoms with Crippen molar-refractivity contribution in [2.75, 3.05) is 11.9 Å². The second-order valence-electron chi connectivity index (χ2n) is 9.33. The third kappa shape index (κ3) is 5.57. The first-order valence-electron chi connectivity index (χ1n) is 12.2. The van der Waals surface area contributed by atoms with Crippen LogP contribution in [-0.2, 0) is 6.61 Å². The predicted octanol–water partition coefficient (Wildman–Crippen LogP) is 6.81. The number of ether oxygens (including phenoxy) is 1. The smallest absolute Gasteiger partial charge is 0.253 e. The van der Waals surface area contributed by atoms with Crippen LogP contribution in [0.25, 0.3) is 0 Å². The normalized spacial score (nSPS) is 15.9. The highest BCUT2D eigenvalue weighted by atomic mass is 16.5. The van der Waals surface area contributed by atoms with E-state index in [9.17, 15) is 4.79 Å². The topological polar surface area (TPSA) is 50.4 Å². The number of carbonyl (C=O) groups is 1. The van der Waals surface area contributed by atoms with Crippen LogP contribution in [0.5, 0.6) is 5.75 Å². The van der Waals surface area contributed by atoms with E-state index in [1.54, 1.807) is 0 Å². The maximum Gasteiger partial charge on any atom is 0.253 e. The van der Waals surface area contributed by atoms with Crippen LogP contribution in [0, 0.1) is 5.92 Å². The minimum atomic E-state index is 0.000728. The average molecular weight is 441 g/mol. The van der Waals surface area contributed by atoms with Crippen LogP contribution in [-0.4, -0.2) is 12.5 Å². The fourth-order valence-electron chi connectivity index (χ4n) is 4.70. The summed E-state index contributed by atoms with van der Waals surface area (Å²) in [6, 6.07) is 24.3. The number of para-hydroxylation sites is 1. The van der Waals surface area contributed by atoms with Gasteiger partial charge in [0.15, 0.2) is 0 Å². The minimum absolute atomic E-state index is 0.000728. The minimum Gasteiger partial charge on any atom is -0.489 e. The van der Waals surface area contributed by atoms with Crippen LogP contribution >= 0.6 is 0 Å². The molecule has 3 aromatic rings. The van der Waals surface area contributed by atoms with Crippen LogP contribution in [0.3, 0.4) is 0 Å². The standard InChI is InChI=1S/C29H32N2O2/c32-29(30-19-21-8-4-5-9-21)25-12-6-7-13-27(25)31-28-17-16-24(18-26(28)23-14-15-23)33-20-22-10-2-1-3-11-22/h1-3,6-7,10-13,16-18,21,23,31H,4-5,8-9,14-15,19-20H2,(H,30,32). The van der Waals surface area contributed by atoms with Gasteiger partial charge in [0.2, 0.25) is 0 Å². The Balaban J connectivity index is 1.30. The van der Waals surface area contributed by atoms with Crippen molar-refractivity contribution in [3.05, 3.63) is 89.5 Å².